The second kappa shape index (κ2) is 17.3. The minimum Gasteiger partial charge on any atom is -0.472 e. The summed E-state index contributed by atoms with van der Waals surface area (Å²) in [5.74, 6) is 1.35. The molecule has 0 fully saturated rings. The molecule has 0 saturated heterocycles. The molecular weight excluding hydrogens is 490 g/mol. The van der Waals surface area contributed by atoms with Gasteiger partial charge in [-0.3, -0.25) is 10.3 Å². The van der Waals surface area contributed by atoms with Crippen molar-refractivity contribution in [3.63, 3.8) is 0 Å². The van der Waals surface area contributed by atoms with Crippen molar-refractivity contribution in [3.05, 3.63) is 90.5 Å². The number of anilines is 1. The van der Waals surface area contributed by atoms with E-state index < -0.39 is 6.09 Å². The Kier molecular flexibility index (Phi) is 14.6. The fraction of sp³-hybridized carbons (Fsp3) is 0.355. The molecular formula is C31H43N5O3. The lowest BCUT2D eigenvalue weighted by atomic mass is 9.92. The number of ether oxygens (including phenoxy) is 2. The van der Waals surface area contributed by atoms with Gasteiger partial charge >= 0.3 is 6.09 Å². The number of nitrogens with one attached hydrogen (secondary N) is 1. The molecule has 0 bridgehead atoms. The number of benzene rings is 2. The van der Waals surface area contributed by atoms with Gasteiger partial charge in [0, 0.05) is 23.9 Å². The molecule has 0 saturated carbocycles. The molecule has 1 amide bonds. The number of para-hydroxylation sites is 1. The smallest absolute Gasteiger partial charge is 0.418 e. The number of aromatic nitrogens is 4. The number of hydrogen-bond donors (Lipinski definition) is 1. The van der Waals surface area contributed by atoms with Crippen LogP contribution in [0.1, 0.15) is 73.6 Å². The van der Waals surface area contributed by atoms with E-state index in [-0.39, 0.29) is 12.0 Å². The van der Waals surface area contributed by atoms with Crippen molar-refractivity contribution < 1.29 is 14.3 Å². The molecule has 0 unspecified atom stereocenters. The van der Waals surface area contributed by atoms with Crippen molar-refractivity contribution in [1.29, 1.82) is 0 Å². The van der Waals surface area contributed by atoms with Crippen molar-refractivity contribution in [3.8, 4) is 17.3 Å². The molecule has 2 heterocycles. The lowest BCUT2D eigenvalue weighted by molar-refractivity contribution is 0.215. The Hall–Kier alpha value is -4.20. The molecule has 39 heavy (non-hydrogen) atoms. The predicted molar refractivity (Wildman–Crippen MR) is 159 cm³/mol. The van der Waals surface area contributed by atoms with Crippen molar-refractivity contribution >= 4 is 11.9 Å². The molecule has 4 aromatic rings. The Bertz CT molecular complexity index is 1220. The Morgan fingerprint density at radius 3 is 2.21 bits per heavy atom. The van der Waals surface area contributed by atoms with Crippen LogP contribution in [-0.2, 0) is 12.0 Å². The molecule has 4 rings (SSSR count). The first kappa shape index (κ1) is 32.8. The zero-order valence-corrected chi connectivity index (χ0v) is 24.7. The average Bonchev–Trinajstić information content (AvgIpc) is 3.41. The summed E-state index contributed by atoms with van der Waals surface area (Å²) in [6, 6.07) is 18.6. The van der Waals surface area contributed by atoms with Gasteiger partial charge in [-0.25, -0.2) is 14.5 Å². The molecule has 0 aliphatic rings. The summed E-state index contributed by atoms with van der Waals surface area (Å²) < 4.78 is 12.8. The van der Waals surface area contributed by atoms with Gasteiger partial charge in [-0.2, -0.15) is 5.10 Å². The first-order chi connectivity index (χ1) is 18.9. The summed E-state index contributed by atoms with van der Waals surface area (Å²) in [4.78, 5) is 20.7. The highest BCUT2D eigenvalue weighted by atomic mass is 16.6. The van der Waals surface area contributed by atoms with Gasteiger partial charge in [0.05, 0.1) is 17.6 Å². The van der Waals surface area contributed by atoms with Gasteiger partial charge in [-0.05, 0) is 29.8 Å². The van der Waals surface area contributed by atoms with Crippen LogP contribution in [0.3, 0.4) is 0 Å². The van der Waals surface area contributed by atoms with Crippen LogP contribution in [0.2, 0.25) is 0 Å². The number of carbonyl (C=O) groups is 1. The summed E-state index contributed by atoms with van der Waals surface area (Å²) in [5, 5.41) is 7.52. The van der Waals surface area contributed by atoms with E-state index in [1.807, 2.05) is 84.0 Å². The standard InChI is InChI=1S/C25H25N5O3.3C2H6/c1-25(2,3)21-15-22(30(29-21)19-9-5-4-6-10-19)28-24(31)33-20-11-7-8-18(14-20)17-32-23-16-26-12-13-27-23;3*1-2/h4-16H,17H2,1-3H3,(H,28,31);3*1-2H3. The highest BCUT2D eigenvalue weighted by molar-refractivity contribution is 5.85. The van der Waals surface area contributed by atoms with Crippen LogP contribution in [0.25, 0.3) is 5.69 Å². The van der Waals surface area contributed by atoms with E-state index in [0.29, 0.717) is 17.4 Å². The molecule has 0 aliphatic heterocycles. The fourth-order valence-corrected chi connectivity index (χ4v) is 3.06. The van der Waals surface area contributed by atoms with Gasteiger partial charge in [-0.15, -0.1) is 0 Å². The van der Waals surface area contributed by atoms with Gasteiger partial charge in [0.2, 0.25) is 5.88 Å². The van der Waals surface area contributed by atoms with Crippen LogP contribution in [0.5, 0.6) is 11.6 Å². The van der Waals surface area contributed by atoms with E-state index in [0.717, 1.165) is 16.9 Å². The Balaban J connectivity index is 0.00000119. The SMILES string of the molecule is CC.CC.CC.CC(C)(C)c1cc(NC(=O)Oc2cccc(COc3cnccn3)c2)n(-c2ccccc2)n1. The van der Waals surface area contributed by atoms with E-state index in [9.17, 15) is 4.79 Å². The molecule has 210 valence electrons. The third-order valence-electron chi connectivity index (χ3n) is 4.74. The quantitative estimate of drug-likeness (QED) is 0.268. The zero-order valence-electron chi connectivity index (χ0n) is 24.7. The van der Waals surface area contributed by atoms with Crippen LogP contribution in [0.4, 0.5) is 10.6 Å². The Labute approximate surface area is 233 Å². The fourth-order valence-electron chi connectivity index (χ4n) is 3.06. The molecule has 2 aromatic heterocycles. The Morgan fingerprint density at radius 1 is 0.897 bits per heavy atom. The number of carbonyl (C=O) groups excluding carboxylic acids is 1. The third kappa shape index (κ3) is 10.6. The number of nitrogens with zero attached hydrogens (tertiary/aromatic N) is 4. The lowest BCUT2D eigenvalue weighted by Gasteiger charge is -2.14. The predicted octanol–water partition coefficient (Wildman–Crippen LogP) is 8.23. The van der Waals surface area contributed by atoms with Crippen molar-refractivity contribution in [2.45, 2.75) is 74.3 Å². The van der Waals surface area contributed by atoms with Crippen molar-refractivity contribution in [1.82, 2.24) is 19.7 Å². The van der Waals surface area contributed by atoms with E-state index >= 15 is 0 Å². The molecule has 0 spiro atoms. The summed E-state index contributed by atoms with van der Waals surface area (Å²) in [5.41, 5.74) is 2.34. The van der Waals surface area contributed by atoms with Gasteiger partial charge < -0.3 is 9.47 Å². The molecule has 1 N–H and O–H groups in total. The first-order valence-corrected chi connectivity index (χ1v) is 13.5. The van der Waals surface area contributed by atoms with Crippen LogP contribution in [-0.4, -0.2) is 25.8 Å². The second-order valence-electron chi connectivity index (χ2n) is 8.41. The molecule has 8 heteroatoms. The highest BCUT2D eigenvalue weighted by Crippen LogP contribution is 2.26. The summed E-state index contributed by atoms with van der Waals surface area (Å²) in [6.45, 7) is 18.5. The molecule has 0 aliphatic carbocycles. The number of rotatable bonds is 6. The molecule has 8 nitrogen and oxygen atoms in total. The monoisotopic (exact) mass is 533 g/mol. The van der Waals surface area contributed by atoms with Crippen molar-refractivity contribution in [2.75, 3.05) is 5.32 Å². The van der Waals surface area contributed by atoms with Crippen molar-refractivity contribution in [2.24, 2.45) is 0 Å². The van der Waals surface area contributed by atoms with Crippen LogP contribution >= 0.6 is 0 Å². The molecule has 2 aromatic carbocycles. The second-order valence-corrected chi connectivity index (χ2v) is 8.41. The maximum absolute atomic E-state index is 12.7. The van der Waals surface area contributed by atoms with E-state index in [4.69, 9.17) is 14.6 Å². The normalized spacial score (nSPS) is 9.87. The van der Waals surface area contributed by atoms with E-state index in [1.54, 1.807) is 35.3 Å². The highest BCUT2D eigenvalue weighted by Gasteiger charge is 2.22. The summed E-state index contributed by atoms with van der Waals surface area (Å²) >= 11 is 0. The van der Waals surface area contributed by atoms with Crippen LogP contribution < -0.4 is 14.8 Å². The largest absolute Gasteiger partial charge is 0.472 e. The minimum atomic E-state index is -0.612. The maximum atomic E-state index is 12.7. The third-order valence-corrected chi connectivity index (χ3v) is 4.74. The van der Waals surface area contributed by atoms with E-state index in [1.165, 1.54) is 6.20 Å². The maximum Gasteiger partial charge on any atom is 0.418 e. The van der Waals surface area contributed by atoms with Crippen LogP contribution in [0, 0.1) is 0 Å². The topological polar surface area (TPSA) is 91.2 Å². The average molecular weight is 534 g/mol. The summed E-state index contributed by atoms with van der Waals surface area (Å²) in [7, 11) is 0. The minimum absolute atomic E-state index is 0.183. The van der Waals surface area contributed by atoms with Gasteiger partial charge in [0.1, 0.15) is 18.2 Å². The lowest BCUT2D eigenvalue weighted by Crippen LogP contribution is -2.19. The Morgan fingerprint density at radius 2 is 1.59 bits per heavy atom. The zero-order chi connectivity index (χ0) is 29.3. The van der Waals surface area contributed by atoms with Crippen LogP contribution in [0.15, 0.2) is 79.3 Å². The number of amides is 1. The van der Waals surface area contributed by atoms with Gasteiger partial charge in [0.25, 0.3) is 0 Å². The van der Waals surface area contributed by atoms with Gasteiger partial charge in [-0.1, -0.05) is 92.6 Å². The number of hydrogen-bond acceptors (Lipinski definition) is 6. The first-order valence-electron chi connectivity index (χ1n) is 13.5. The summed E-state index contributed by atoms with van der Waals surface area (Å²) in [6.07, 6.45) is 4.06. The molecule has 0 atom stereocenters. The van der Waals surface area contributed by atoms with Gasteiger partial charge in [0.15, 0.2) is 0 Å². The molecule has 0 radical (unpaired) electrons. The van der Waals surface area contributed by atoms with E-state index in [2.05, 4.69) is 36.1 Å².